The smallest absolute Gasteiger partial charge is 0.220 e. The van der Waals surface area contributed by atoms with Gasteiger partial charge in [0.1, 0.15) is 0 Å². The van der Waals surface area contributed by atoms with Gasteiger partial charge in [-0.1, -0.05) is 42.5 Å². The lowest BCUT2D eigenvalue weighted by atomic mass is 10.2. The molecule has 0 fully saturated rings. The molecule has 0 saturated heterocycles. The molecule has 4 aromatic rings. The van der Waals surface area contributed by atoms with Crippen LogP contribution < -0.4 is 5.32 Å². The number of nitrogens with one attached hydrogen (secondary N) is 1. The monoisotopic (exact) mass is 387 g/mol. The molecule has 0 atom stereocenters. The largest absolute Gasteiger partial charge is 0.352 e. The Hall–Kier alpha value is -3.81. The number of carbonyl (C=O) groups excluding carboxylic acids is 1. The van der Waals surface area contributed by atoms with Crippen LogP contribution in [0.2, 0.25) is 0 Å². The molecule has 4 rings (SSSR count). The van der Waals surface area contributed by atoms with Gasteiger partial charge in [0.05, 0.1) is 12.2 Å². The summed E-state index contributed by atoms with van der Waals surface area (Å²) >= 11 is 0. The summed E-state index contributed by atoms with van der Waals surface area (Å²) in [7, 11) is 0. The van der Waals surface area contributed by atoms with Gasteiger partial charge in [0.2, 0.25) is 11.7 Å². The average molecular weight is 387 g/mol. The Labute approximate surface area is 168 Å². The van der Waals surface area contributed by atoms with Crippen LogP contribution in [0.4, 0.5) is 0 Å². The van der Waals surface area contributed by atoms with E-state index in [0.717, 1.165) is 16.8 Å². The summed E-state index contributed by atoms with van der Waals surface area (Å²) in [5.74, 6) is 0.596. The first-order chi connectivity index (χ1) is 14.3. The summed E-state index contributed by atoms with van der Waals surface area (Å²) in [6, 6.07) is 19.5. The molecule has 8 heteroatoms. The average Bonchev–Trinajstić information content (AvgIpc) is 3.46. The molecule has 2 aromatic carbocycles. The van der Waals surface area contributed by atoms with Gasteiger partial charge in [0.15, 0.2) is 0 Å². The van der Waals surface area contributed by atoms with Crippen LogP contribution in [0, 0.1) is 0 Å². The van der Waals surface area contributed by atoms with E-state index in [1.165, 1.54) is 4.80 Å². The van der Waals surface area contributed by atoms with E-state index in [1.54, 1.807) is 10.9 Å². The van der Waals surface area contributed by atoms with Crippen LogP contribution in [0.25, 0.3) is 17.1 Å². The van der Waals surface area contributed by atoms with Gasteiger partial charge in [-0.3, -0.25) is 4.79 Å². The van der Waals surface area contributed by atoms with Crippen molar-refractivity contribution in [2.75, 3.05) is 0 Å². The van der Waals surface area contributed by atoms with Gasteiger partial charge in [-0.15, -0.1) is 10.2 Å². The second-order valence-electron chi connectivity index (χ2n) is 6.57. The molecule has 0 bridgehead atoms. The minimum absolute atomic E-state index is 0.00421. The van der Waals surface area contributed by atoms with Crippen LogP contribution >= 0.6 is 0 Å². The molecule has 0 aliphatic rings. The summed E-state index contributed by atoms with van der Waals surface area (Å²) in [6.45, 7) is 1.05. The van der Waals surface area contributed by atoms with E-state index in [2.05, 4.69) is 25.8 Å². The maximum Gasteiger partial charge on any atom is 0.220 e. The molecule has 2 aromatic heterocycles. The summed E-state index contributed by atoms with van der Waals surface area (Å²) in [6.07, 6.45) is 4.69. The van der Waals surface area contributed by atoms with Crippen LogP contribution in [-0.4, -0.2) is 35.9 Å². The summed E-state index contributed by atoms with van der Waals surface area (Å²) in [5, 5.41) is 19.6. The Morgan fingerprint density at radius 2 is 1.83 bits per heavy atom. The van der Waals surface area contributed by atoms with E-state index in [4.69, 9.17) is 0 Å². The minimum atomic E-state index is 0.00421. The first-order valence-corrected chi connectivity index (χ1v) is 9.47. The van der Waals surface area contributed by atoms with Crippen molar-refractivity contribution in [3.05, 3.63) is 78.6 Å². The second kappa shape index (κ2) is 8.92. The fourth-order valence-electron chi connectivity index (χ4n) is 2.90. The van der Waals surface area contributed by atoms with Gasteiger partial charge < -0.3 is 5.32 Å². The lowest BCUT2D eigenvalue weighted by Gasteiger charge is -2.07. The van der Waals surface area contributed by atoms with Crippen molar-refractivity contribution in [3.8, 4) is 17.1 Å². The van der Waals surface area contributed by atoms with E-state index in [1.807, 2.05) is 66.9 Å². The Morgan fingerprint density at radius 1 is 1.00 bits per heavy atom. The molecule has 0 aliphatic heterocycles. The Bertz CT molecular complexity index is 1040. The van der Waals surface area contributed by atoms with Crippen molar-refractivity contribution in [1.82, 2.24) is 35.3 Å². The number of benzene rings is 2. The maximum atomic E-state index is 12.1. The lowest BCUT2D eigenvalue weighted by molar-refractivity contribution is -0.121. The van der Waals surface area contributed by atoms with Crippen LogP contribution in [0.1, 0.15) is 18.4 Å². The number of nitrogens with zero attached hydrogens (tertiary/aromatic N) is 6. The molecule has 29 heavy (non-hydrogen) atoms. The number of carbonyl (C=O) groups is 1. The van der Waals surface area contributed by atoms with E-state index >= 15 is 0 Å². The van der Waals surface area contributed by atoms with Gasteiger partial charge >= 0.3 is 0 Å². The minimum Gasteiger partial charge on any atom is -0.352 e. The van der Waals surface area contributed by atoms with Crippen LogP contribution in [-0.2, 0) is 17.9 Å². The highest BCUT2D eigenvalue weighted by molar-refractivity contribution is 5.75. The van der Waals surface area contributed by atoms with Crippen molar-refractivity contribution < 1.29 is 4.79 Å². The molecule has 0 spiro atoms. The van der Waals surface area contributed by atoms with E-state index < -0.39 is 0 Å². The third-order valence-corrected chi connectivity index (χ3v) is 4.44. The molecule has 0 aliphatic carbocycles. The highest BCUT2D eigenvalue weighted by atomic mass is 16.1. The quantitative estimate of drug-likeness (QED) is 0.502. The molecule has 146 valence electrons. The summed E-state index contributed by atoms with van der Waals surface area (Å²) in [5.41, 5.74) is 2.95. The predicted molar refractivity (Wildman–Crippen MR) is 108 cm³/mol. The van der Waals surface area contributed by atoms with Gasteiger partial charge in [0, 0.05) is 30.9 Å². The fourth-order valence-corrected chi connectivity index (χ4v) is 2.90. The first-order valence-electron chi connectivity index (χ1n) is 9.47. The number of aromatic nitrogens is 6. The highest BCUT2D eigenvalue weighted by Crippen LogP contribution is 2.12. The van der Waals surface area contributed by atoms with Crippen molar-refractivity contribution >= 4 is 5.91 Å². The van der Waals surface area contributed by atoms with Crippen LogP contribution in [0.15, 0.2) is 73.1 Å². The van der Waals surface area contributed by atoms with Gasteiger partial charge in [-0.2, -0.15) is 9.90 Å². The Balaban J connectivity index is 1.20. The van der Waals surface area contributed by atoms with Gasteiger partial charge in [0.25, 0.3) is 0 Å². The zero-order valence-electron chi connectivity index (χ0n) is 15.8. The first kappa shape index (κ1) is 18.5. The fraction of sp³-hybridized carbons (Fsp3) is 0.190. The van der Waals surface area contributed by atoms with Crippen molar-refractivity contribution in [2.45, 2.75) is 25.9 Å². The normalized spacial score (nSPS) is 10.8. The third-order valence-electron chi connectivity index (χ3n) is 4.44. The van der Waals surface area contributed by atoms with Crippen molar-refractivity contribution in [1.29, 1.82) is 0 Å². The number of aryl methyl sites for hydroxylation is 1. The molecule has 0 unspecified atom stereocenters. The van der Waals surface area contributed by atoms with E-state index in [-0.39, 0.29) is 5.91 Å². The maximum absolute atomic E-state index is 12.1. The highest BCUT2D eigenvalue weighted by Gasteiger charge is 2.07. The van der Waals surface area contributed by atoms with Gasteiger partial charge in [-0.25, -0.2) is 4.68 Å². The SMILES string of the molecule is O=C(CCCn1nnc(-c2ccccc2)n1)NCc1ccc(-n2cccn2)cc1. The number of amides is 1. The number of hydrogen-bond acceptors (Lipinski definition) is 5. The zero-order chi connectivity index (χ0) is 19.9. The molecule has 1 amide bonds. The standard InChI is InChI=1S/C21H21N7O/c29-20(22-16-17-9-11-19(12-10-17)27-14-5-13-23-27)8-4-15-28-25-21(24-26-28)18-6-2-1-3-7-18/h1-3,5-7,9-14H,4,8,15-16H2,(H,22,29). The van der Waals surface area contributed by atoms with Crippen LogP contribution in [0.3, 0.4) is 0 Å². The Kier molecular flexibility index (Phi) is 5.70. The number of tetrazole rings is 1. The van der Waals surface area contributed by atoms with E-state index in [9.17, 15) is 4.79 Å². The third kappa shape index (κ3) is 4.92. The Morgan fingerprint density at radius 3 is 2.59 bits per heavy atom. The summed E-state index contributed by atoms with van der Waals surface area (Å²) in [4.78, 5) is 13.6. The number of rotatable bonds is 8. The van der Waals surface area contributed by atoms with E-state index in [0.29, 0.717) is 31.8 Å². The van der Waals surface area contributed by atoms with Crippen molar-refractivity contribution in [3.63, 3.8) is 0 Å². The molecule has 8 nitrogen and oxygen atoms in total. The molecule has 0 radical (unpaired) electrons. The number of hydrogen-bond donors (Lipinski definition) is 1. The van der Waals surface area contributed by atoms with Crippen molar-refractivity contribution in [2.24, 2.45) is 0 Å². The second-order valence-corrected chi connectivity index (χ2v) is 6.57. The summed E-state index contributed by atoms with van der Waals surface area (Å²) < 4.78 is 1.80. The molecule has 0 saturated carbocycles. The lowest BCUT2D eigenvalue weighted by Crippen LogP contribution is -2.23. The zero-order valence-corrected chi connectivity index (χ0v) is 15.8. The molecule has 1 N–H and O–H groups in total. The predicted octanol–water partition coefficient (Wildman–Crippen LogP) is 2.62. The molecular weight excluding hydrogens is 366 g/mol. The van der Waals surface area contributed by atoms with Gasteiger partial charge in [-0.05, 0) is 35.4 Å². The topological polar surface area (TPSA) is 90.5 Å². The molecular formula is C21H21N7O. The van der Waals surface area contributed by atoms with Crippen LogP contribution in [0.5, 0.6) is 0 Å². The molecule has 2 heterocycles.